The molecule has 3 rings (SSSR count). The summed E-state index contributed by atoms with van der Waals surface area (Å²) in [6.07, 6.45) is 3.34. The second-order valence-corrected chi connectivity index (χ2v) is 5.83. The van der Waals surface area contributed by atoms with E-state index in [1.165, 1.54) is 12.8 Å². The van der Waals surface area contributed by atoms with Gasteiger partial charge in [-0.15, -0.1) is 0 Å². The third-order valence-electron chi connectivity index (χ3n) is 3.76. The van der Waals surface area contributed by atoms with Crippen LogP contribution in [0.2, 0.25) is 5.02 Å². The van der Waals surface area contributed by atoms with Crippen molar-refractivity contribution in [1.82, 2.24) is 15.5 Å². The molecule has 0 aliphatic carbocycles. The van der Waals surface area contributed by atoms with Gasteiger partial charge in [-0.2, -0.15) is 4.98 Å². The van der Waals surface area contributed by atoms with E-state index in [1.54, 1.807) is 0 Å². The normalized spacial score (nSPS) is 19.2. The number of piperidine rings is 1. The Morgan fingerprint density at radius 2 is 2.35 bits per heavy atom. The van der Waals surface area contributed by atoms with Crippen LogP contribution in [0.4, 0.5) is 0 Å². The van der Waals surface area contributed by atoms with E-state index >= 15 is 0 Å². The van der Waals surface area contributed by atoms with Gasteiger partial charge in [0, 0.05) is 17.0 Å². The molecule has 1 aromatic heterocycles. The highest BCUT2D eigenvalue weighted by Crippen LogP contribution is 2.25. The maximum absolute atomic E-state index is 5.96. The topological polar surface area (TPSA) is 51.0 Å². The van der Waals surface area contributed by atoms with Gasteiger partial charge in [-0.25, -0.2) is 0 Å². The Bertz CT molecular complexity index is 591. The number of aromatic nitrogens is 2. The first kappa shape index (κ1) is 13.6. The Morgan fingerprint density at radius 1 is 1.45 bits per heavy atom. The van der Waals surface area contributed by atoms with Crippen LogP contribution in [0.15, 0.2) is 22.7 Å². The van der Waals surface area contributed by atoms with Crippen molar-refractivity contribution in [2.75, 3.05) is 13.1 Å². The second kappa shape index (κ2) is 5.94. The van der Waals surface area contributed by atoms with E-state index < -0.39 is 0 Å². The summed E-state index contributed by atoms with van der Waals surface area (Å²) in [4.78, 5) is 4.52. The van der Waals surface area contributed by atoms with E-state index in [0.29, 0.717) is 11.8 Å². The number of benzene rings is 1. The SMILES string of the molecule is Cc1cc(Cl)ccc1-c1nc(CC2CCCNC2)no1. The number of nitrogens with one attached hydrogen (secondary N) is 1. The van der Waals surface area contributed by atoms with Gasteiger partial charge < -0.3 is 9.84 Å². The number of rotatable bonds is 3. The zero-order valence-electron chi connectivity index (χ0n) is 11.5. The third kappa shape index (κ3) is 3.02. The molecule has 20 heavy (non-hydrogen) atoms. The predicted octanol–water partition coefficient (Wildman–Crippen LogP) is 3.24. The Labute approximate surface area is 123 Å². The van der Waals surface area contributed by atoms with Crippen LogP contribution in [0, 0.1) is 12.8 Å². The fourth-order valence-corrected chi connectivity index (χ4v) is 2.90. The molecule has 1 unspecified atom stereocenters. The quantitative estimate of drug-likeness (QED) is 0.943. The fraction of sp³-hybridized carbons (Fsp3) is 0.467. The lowest BCUT2D eigenvalue weighted by Crippen LogP contribution is -2.31. The van der Waals surface area contributed by atoms with E-state index in [1.807, 2.05) is 25.1 Å². The number of nitrogens with zero attached hydrogens (tertiary/aromatic N) is 2. The van der Waals surface area contributed by atoms with E-state index in [9.17, 15) is 0 Å². The third-order valence-corrected chi connectivity index (χ3v) is 3.99. The van der Waals surface area contributed by atoms with Crippen LogP contribution >= 0.6 is 11.6 Å². The van der Waals surface area contributed by atoms with Crippen molar-refractivity contribution < 1.29 is 4.52 Å². The first-order chi connectivity index (χ1) is 9.72. The molecule has 1 aromatic carbocycles. The minimum absolute atomic E-state index is 0.581. The first-order valence-electron chi connectivity index (χ1n) is 7.02. The highest BCUT2D eigenvalue weighted by Gasteiger charge is 2.18. The van der Waals surface area contributed by atoms with Crippen molar-refractivity contribution in [1.29, 1.82) is 0 Å². The van der Waals surface area contributed by atoms with Crippen LogP contribution in [0.5, 0.6) is 0 Å². The first-order valence-corrected chi connectivity index (χ1v) is 7.40. The smallest absolute Gasteiger partial charge is 0.258 e. The van der Waals surface area contributed by atoms with Crippen molar-refractivity contribution in [3.63, 3.8) is 0 Å². The van der Waals surface area contributed by atoms with Crippen molar-refractivity contribution in [3.8, 4) is 11.5 Å². The summed E-state index contributed by atoms with van der Waals surface area (Å²) in [5, 5.41) is 8.23. The summed E-state index contributed by atoms with van der Waals surface area (Å²) in [5.41, 5.74) is 2.00. The van der Waals surface area contributed by atoms with Crippen LogP contribution in [0.3, 0.4) is 0 Å². The zero-order valence-corrected chi connectivity index (χ0v) is 12.3. The Balaban J connectivity index is 1.75. The lowest BCUT2D eigenvalue weighted by Gasteiger charge is -2.20. The summed E-state index contributed by atoms with van der Waals surface area (Å²) in [6.45, 7) is 4.16. The van der Waals surface area contributed by atoms with Gasteiger partial charge in [-0.1, -0.05) is 16.8 Å². The molecule has 1 N–H and O–H groups in total. The molecular weight excluding hydrogens is 274 g/mol. The van der Waals surface area contributed by atoms with Crippen molar-refractivity contribution in [2.24, 2.45) is 5.92 Å². The molecule has 0 spiro atoms. The minimum Gasteiger partial charge on any atom is -0.334 e. The van der Waals surface area contributed by atoms with Crippen molar-refractivity contribution in [3.05, 3.63) is 34.6 Å². The van der Waals surface area contributed by atoms with Crippen LogP contribution in [-0.2, 0) is 6.42 Å². The molecule has 0 bridgehead atoms. The zero-order chi connectivity index (χ0) is 13.9. The molecule has 2 aromatic rings. The Morgan fingerprint density at radius 3 is 3.10 bits per heavy atom. The largest absolute Gasteiger partial charge is 0.334 e. The summed E-state index contributed by atoms with van der Waals surface area (Å²) >= 11 is 5.96. The molecule has 106 valence electrons. The molecule has 0 saturated carbocycles. The van der Waals surface area contributed by atoms with Gasteiger partial charge in [0.15, 0.2) is 5.82 Å². The Kier molecular flexibility index (Phi) is 4.03. The summed E-state index contributed by atoms with van der Waals surface area (Å²) < 4.78 is 5.39. The van der Waals surface area contributed by atoms with E-state index in [0.717, 1.165) is 41.5 Å². The van der Waals surface area contributed by atoms with Crippen molar-refractivity contribution >= 4 is 11.6 Å². The van der Waals surface area contributed by atoms with Crippen molar-refractivity contribution in [2.45, 2.75) is 26.2 Å². The minimum atomic E-state index is 0.581. The molecule has 1 aliphatic heterocycles. The summed E-state index contributed by atoms with van der Waals surface area (Å²) in [6, 6.07) is 5.68. The fourth-order valence-electron chi connectivity index (χ4n) is 2.67. The second-order valence-electron chi connectivity index (χ2n) is 5.39. The summed E-state index contributed by atoms with van der Waals surface area (Å²) in [7, 11) is 0. The molecule has 1 aliphatic rings. The van der Waals surface area contributed by atoms with Crippen LogP contribution in [-0.4, -0.2) is 23.2 Å². The molecule has 4 nitrogen and oxygen atoms in total. The molecular formula is C15H18ClN3O. The number of hydrogen-bond acceptors (Lipinski definition) is 4. The lowest BCUT2D eigenvalue weighted by atomic mass is 9.96. The van der Waals surface area contributed by atoms with E-state index in [2.05, 4.69) is 15.5 Å². The van der Waals surface area contributed by atoms with Gasteiger partial charge in [0.2, 0.25) is 0 Å². The number of halogens is 1. The summed E-state index contributed by atoms with van der Waals surface area (Å²) in [5.74, 6) is 1.99. The average Bonchev–Trinajstić information content (AvgIpc) is 2.88. The lowest BCUT2D eigenvalue weighted by molar-refractivity contribution is 0.360. The van der Waals surface area contributed by atoms with Gasteiger partial charge in [0.25, 0.3) is 5.89 Å². The van der Waals surface area contributed by atoms with Gasteiger partial charge in [0.1, 0.15) is 0 Å². The molecule has 0 radical (unpaired) electrons. The maximum Gasteiger partial charge on any atom is 0.258 e. The van der Waals surface area contributed by atoms with Gasteiger partial charge in [-0.3, -0.25) is 0 Å². The molecule has 1 atom stereocenters. The number of aryl methyl sites for hydroxylation is 1. The molecule has 5 heteroatoms. The van der Waals surface area contributed by atoms with Gasteiger partial charge in [0.05, 0.1) is 0 Å². The molecule has 1 saturated heterocycles. The molecule has 2 heterocycles. The highest BCUT2D eigenvalue weighted by molar-refractivity contribution is 6.30. The Hall–Kier alpha value is -1.39. The van der Waals surface area contributed by atoms with Crippen LogP contribution in [0.1, 0.15) is 24.2 Å². The standard InChI is InChI=1S/C15H18ClN3O/c1-10-7-12(16)4-5-13(10)15-18-14(19-20-15)8-11-3-2-6-17-9-11/h4-5,7,11,17H,2-3,6,8-9H2,1H3. The van der Waals surface area contributed by atoms with E-state index in [-0.39, 0.29) is 0 Å². The number of hydrogen-bond donors (Lipinski definition) is 1. The molecule has 1 fully saturated rings. The van der Waals surface area contributed by atoms with E-state index in [4.69, 9.17) is 16.1 Å². The van der Waals surface area contributed by atoms with Gasteiger partial charge in [-0.05, 0) is 62.5 Å². The predicted molar refractivity (Wildman–Crippen MR) is 78.8 cm³/mol. The average molecular weight is 292 g/mol. The highest BCUT2D eigenvalue weighted by atomic mass is 35.5. The van der Waals surface area contributed by atoms with Crippen LogP contribution < -0.4 is 5.32 Å². The van der Waals surface area contributed by atoms with Gasteiger partial charge >= 0.3 is 0 Å². The van der Waals surface area contributed by atoms with Crippen LogP contribution in [0.25, 0.3) is 11.5 Å². The molecule has 0 amide bonds. The maximum atomic E-state index is 5.96. The monoisotopic (exact) mass is 291 g/mol.